The van der Waals surface area contributed by atoms with E-state index in [4.69, 9.17) is 0 Å². The molecule has 0 spiro atoms. The molecule has 2 aromatic rings. The van der Waals surface area contributed by atoms with Gasteiger partial charge in [0.1, 0.15) is 0 Å². The van der Waals surface area contributed by atoms with Crippen molar-refractivity contribution < 1.29 is 0 Å². The van der Waals surface area contributed by atoms with Crippen LogP contribution in [0.5, 0.6) is 0 Å². The van der Waals surface area contributed by atoms with Crippen molar-refractivity contribution in [2.75, 3.05) is 13.1 Å². The Labute approximate surface area is 109 Å². The molecule has 0 amide bonds. The number of aryl methyl sites for hydroxylation is 2. The Morgan fingerprint density at radius 3 is 2.94 bits per heavy atom. The van der Waals surface area contributed by atoms with E-state index >= 15 is 0 Å². The van der Waals surface area contributed by atoms with Crippen molar-refractivity contribution >= 4 is 26.8 Å². The van der Waals surface area contributed by atoms with Gasteiger partial charge >= 0.3 is 0 Å². The number of hydrogen-bond acceptors (Lipinski definition) is 1. The molecule has 3 heterocycles. The van der Waals surface area contributed by atoms with E-state index in [0.717, 1.165) is 13.1 Å². The van der Waals surface area contributed by atoms with Gasteiger partial charge in [-0.1, -0.05) is 15.9 Å². The summed E-state index contributed by atoms with van der Waals surface area (Å²) in [6.45, 7) is 3.42. The van der Waals surface area contributed by atoms with Crippen LogP contribution in [0.4, 0.5) is 0 Å². The topological polar surface area (TPSA) is 17.0 Å². The van der Waals surface area contributed by atoms with Crippen LogP contribution in [0.3, 0.4) is 0 Å². The van der Waals surface area contributed by atoms with Gasteiger partial charge < -0.3 is 9.88 Å². The molecule has 0 saturated heterocycles. The van der Waals surface area contributed by atoms with Gasteiger partial charge in [-0.25, -0.2) is 0 Å². The highest BCUT2D eigenvalue weighted by molar-refractivity contribution is 9.10. The first kappa shape index (κ1) is 10.2. The van der Waals surface area contributed by atoms with Gasteiger partial charge in [0.2, 0.25) is 0 Å². The zero-order valence-electron chi connectivity index (χ0n) is 9.72. The van der Waals surface area contributed by atoms with Crippen LogP contribution >= 0.6 is 15.9 Å². The molecule has 0 fully saturated rings. The molecule has 0 aliphatic carbocycles. The third-order valence-corrected chi connectivity index (χ3v) is 4.58. The van der Waals surface area contributed by atoms with E-state index in [0.29, 0.717) is 0 Å². The van der Waals surface area contributed by atoms with Crippen LogP contribution in [-0.4, -0.2) is 17.7 Å². The molecule has 0 atom stereocenters. The molecule has 2 nitrogen and oxygen atoms in total. The molecule has 0 saturated carbocycles. The SMILES string of the molecule is Brc1cc2c3c(c1)c1c(n3CC2)CCNCC1. The van der Waals surface area contributed by atoms with E-state index in [1.54, 1.807) is 11.3 Å². The van der Waals surface area contributed by atoms with Crippen LogP contribution in [0.15, 0.2) is 16.6 Å². The fourth-order valence-corrected chi connectivity index (χ4v) is 3.94. The van der Waals surface area contributed by atoms with Crippen molar-refractivity contribution in [1.82, 2.24) is 9.88 Å². The molecule has 0 radical (unpaired) electrons. The maximum Gasteiger partial charge on any atom is 0.0519 e. The quantitative estimate of drug-likeness (QED) is 0.789. The second kappa shape index (κ2) is 3.59. The third kappa shape index (κ3) is 1.36. The second-order valence-corrected chi connectivity index (χ2v) is 5.95. The van der Waals surface area contributed by atoms with Crippen LogP contribution in [0.2, 0.25) is 0 Å². The van der Waals surface area contributed by atoms with Crippen molar-refractivity contribution in [3.8, 4) is 0 Å². The highest BCUT2D eigenvalue weighted by Gasteiger charge is 2.24. The van der Waals surface area contributed by atoms with E-state index in [-0.39, 0.29) is 0 Å². The van der Waals surface area contributed by atoms with Crippen LogP contribution in [0.1, 0.15) is 16.8 Å². The Hall–Kier alpha value is -0.800. The first-order chi connectivity index (χ1) is 8.34. The Balaban J connectivity index is 2.10. The van der Waals surface area contributed by atoms with Crippen molar-refractivity contribution in [1.29, 1.82) is 0 Å². The van der Waals surface area contributed by atoms with Crippen molar-refractivity contribution in [3.05, 3.63) is 33.4 Å². The lowest BCUT2D eigenvalue weighted by Gasteiger charge is -2.05. The van der Waals surface area contributed by atoms with Gasteiger partial charge in [0.05, 0.1) is 5.52 Å². The summed E-state index contributed by atoms with van der Waals surface area (Å²) in [5.41, 5.74) is 6.21. The summed E-state index contributed by atoms with van der Waals surface area (Å²) in [6.07, 6.45) is 3.56. The van der Waals surface area contributed by atoms with Crippen LogP contribution in [-0.2, 0) is 25.8 Å². The zero-order chi connectivity index (χ0) is 11.4. The summed E-state index contributed by atoms with van der Waals surface area (Å²) in [5.74, 6) is 0. The highest BCUT2D eigenvalue weighted by Crippen LogP contribution is 2.36. The van der Waals surface area contributed by atoms with Gasteiger partial charge in [-0.2, -0.15) is 0 Å². The minimum Gasteiger partial charge on any atom is -0.344 e. The van der Waals surface area contributed by atoms with Gasteiger partial charge in [-0.15, -0.1) is 0 Å². The molecule has 0 unspecified atom stereocenters. The fraction of sp³-hybridized carbons (Fsp3) is 0.429. The number of halogens is 1. The van der Waals surface area contributed by atoms with E-state index in [2.05, 4.69) is 37.9 Å². The summed E-state index contributed by atoms with van der Waals surface area (Å²) in [7, 11) is 0. The van der Waals surface area contributed by atoms with Crippen LogP contribution in [0.25, 0.3) is 10.9 Å². The molecule has 1 aromatic carbocycles. The monoisotopic (exact) mass is 290 g/mol. The minimum absolute atomic E-state index is 1.12. The van der Waals surface area contributed by atoms with E-state index in [1.165, 1.54) is 46.7 Å². The Morgan fingerprint density at radius 1 is 1.12 bits per heavy atom. The number of nitrogens with one attached hydrogen (secondary N) is 1. The highest BCUT2D eigenvalue weighted by atomic mass is 79.9. The van der Waals surface area contributed by atoms with Gasteiger partial charge in [-0.05, 0) is 42.6 Å². The molecule has 88 valence electrons. The Morgan fingerprint density at radius 2 is 2.00 bits per heavy atom. The van der Waals surface area contributed by atoms with Gasteiger partial charge in [0.15, 0.2) is 0 Å². The van der Waals surface area contributed by atoms with Crippen molar-refractivity contribution in [2.45, 2.75) is 25.8 Å². The predicted octanol–water partition coefficient (Wildman–Crippen LogP) is 2.65. The summed E-state index contributed by atoms with van der Waals surface area (Å²) >= 11 is 3.65. The number of rotatable bonds is 0. The first-order valence-electron chi connectivity index (χ1n) is 6.37. The molecule has 4 rings (SSSR count). The lowest BCUT2D eigenvalue weighted by Crippen LogP contribution is -2.17. The molecular formula is C14H15BrN2. The summed E-state index contributed by atoms with van der Waals surface area (Å²) in [4.78, 5) is 0. The maximum atomic E-state index is 3.65. The normalized spacial score (nSPS) is 18.4. The number of fused-ring (bicyclic) bond motifs is 3. The van der Waals surface area contributed by atoms with Crippen molar-refractivity contribution in [3.63, 3.8) is 0 Å². The van der Waals surface area contributed by atoms with E-state index in [9.17, 15) is 0 Å². The predicted molar refractivity (Wildman–Crippen MR) is 73.6 cm³/mol. The largest absolute Gasteiger partial charge is 0.344 e. The summed E-state index contributed by atoms with van der Waals surface area (Å²) in [5, 5.41) is 4.99. The number of benzene rings is 1. The average molecular weight is 291 g/mol. The molecule has 17 heavy (non-hydrogen) atoms. The zero-order valence-corrected chi connectivity index (χ0v) is 11.3. The molecule has 2 aliphatic heterocycles. The molecular weight excluding hydrogens is 276 g/mol. The lowest BCUT2D eigenvalue weighted by atomic mass is 10.0. The molecule has 2 aliphatic rings. The van der Waals surface area contributed by atoms with Crippen LogP contribution < -0.4 is 5.32 Å². The van der Waals surface area contributed by atoms with Crippen LogP contribution in [0, 0.1) is 0 Å². The standard InChI is InChI=1S/C14H15BrN2/c15-10-7-9-3-6-17-13-2-5-16-4-1-11(13)12(8-10)14(9)17/h7-8,16H,1-6H2. The number of nitrogens with zero attached hydrogens (tertiary/aromatic N) is 1. The maximum absolute atomic E-state index is 3.65. The fourth-order valence-electron chi connectivity index (χ4n) is 3.44. The third-order valence-electron chi connectivity index (χ3n) is 4.12. The molecule has 1 N–H and O–H groups in total. The molecule has 3 heteroatoms. The average Bonchev–Trinajstić information content (AvgIpc) is 2.74. The number of hydrogen-bond donors (Lipinski definition) is 1. The summed E-state index contributed by atoms with van der Waals surface area (Å²) < 4.78 is 3.80. The van der Waals surface area contributed by atoms with Gasteiger partial charge in [0, 0.05) is 35.1 Å². The second-order valence-electron chi connectivity index (χ2n) is 5.04. The smallest absolute Gasteiger partial charge is 0.0519 e. The van der Waals surface area contributed by atoms with Gasteiger partial charge in [-0.3, -0.25) is 0 Å². The Bertz CT molecular complexity index is 612. The van der Waals surface area contributed by atoms with Gasteiger partial charge in [0.25, 0.3) is 0 Å². The minimum atomic E-state index is 1.12. The molecule has 1 aromatic heterocycles. The van der Waals surface area contributed by atoms with Crippen molar-refractivity contribution in [2.24, 2.45) is 0 Å². The van der Waals surface area contributed by atoms with E-state index < -0.39 is 0 Å². The first-order valence-corrected chi connectivity index (χ1v) is 7.17. The molecule has 0 bridgehead atoms. The van der Waals surface area contributed by atoms with E-state index in [1.807, 2.05) is 0 Å². The number of aromatic nitrogens is 1. The Kier molecular flexibility index (Phi) is 2.15. The summed E-state index contributed by atoms with van der Waals surface area (Å²) in [6, 6.07) is 4.61. The lowest BCUT2D eigenvalue weighted by molar-refractivity contribution is 0.680.